The second-order valence-electron chi connectivity index (χ2n) is 4.38. The van der Waals surface area contributed by atoms with E-state index < -0.39 is 5.63 Å². The summed E-state index contributed by atoms with van der Waals surface area (Å²) in [7, 11) is 0. The predicted octanol–water partition coefficient (Wildman–Crippen LogP) is 4.01. The van der Waals surface area contributed by atoms with E-state index in [1.165, 1.54) is 6.21 Å². The lowest BCUT2D eigenvalue weighted by Gasteiger charge is -2.02. The standard InChI is InChI=1S/C16H10BrNO3/c17-10-5-7-11(8-6-10)18-9-13-15(19)12-3-1-2-4-14(12)21-16(13)20/h1-9,19H. The monoisotopic (exact) mass is 343 g/mol. The molecular formula is C16H10BrNO3. The Labute approximate surface area is 128 Å². The molecule has 1 aromatic heterocycles. The number of aromatic hydroxyl groups is 1. The molecule has 0 fully saturated rings. The number of halogens is 1. The van der Waals surface area contributed by atoms with Crippen molar-refractivity contribution in [1.29, 1.82) is 0 Å². The molecule has 0 spiro atoms. The first-order valence-electron chi connectivity index (χ1n) is 6.19. The van der Waals surface area contributed by atoms with Gasteiger partial charge in [0.2, 0.25) is 0 Å². The smallest absolute Gasteiger partial charge is 0.348 e. The molecule has 4 nitrogen and oxygen atoms in total. The quantitative estimate of drug-likeness (QED) is 0.564. The van der Waals surface area contributed by atoms with Gasteiger partial charge in [0, 0.05) is 10.7 Å². The number of aliphatic imine (C=N–C) groups is 1. The van der Waals surface area contributed by atoms with Crippen LogP contribution in [0.25, 0.3) is 11.0 Å². The summed E-state index contributed by atoms with van der Waals surface area (Å²) < 4.78 is 6.11. The van der Waals surface area contributed by atoms with E-state index in [0.29, 0.717) is 16.7 Å². The molecule has 0 radical (unpaired) electrons. The normalized spacial score (nSPS) is 11.3. The van der Waals surface area contributed by atoms with Crippen molar-refractivity contribution in [3.63, 3.8) is 0 Å². The molecule has 0 amide bonds. The van der Waals surface area contributed by atoms with E-state index in [-0.39, 0.29) is 11.3 Å². The Bertz CT molecular complexity index is 882. The minimum atomic E-state index is -0.618. The summed E-state index contributed by atoms with van der Waals surface area (Å²) in [6, 6.07) is 14.1. The van der Waals surface area contributed by atoms with Crippen LogP contribution in [-0.4, -0.2) is 11.3 Å². The van der Waals surface area contributed by atoms with E-state index in [1.54, 1.807) is 36.4 Å². The van der Waals surface area contributed by atoms with Crippen LogP contribution >= 0.6 is 15.9 Å². The molecule has 5 heteroatoms. The first kappa shape index (κ1) is 13.6. The molecule has 3 rings (SSSR count). The summed E-state index contributed by atoms with van der Waals surface area (Å²) in [6.45, 7) is 0. The number of rotatable bonds is 2. The van der Waals surface area contributed by atoms with Crippen LogP contribution in [0.2, 0.25) is 0 Å². The molecule has 0 unspecified atom stereocenters. The van der Waals surface area contributed by atoms with Gasteiger partial charge in [0.25, 0.3) is 0 Å². The summed E-state index contributed by atoms with van der Waals surface area (Å²) in [6.07, 6.45) is 1.32. The fourth-order valence-corrected chi connectivity index (χ4v) is 2.19. The van der Waals surface area contributed by atoms with Crippen LogP contribution in [0.3, 0.4) is 0 Å². The summed E-state index contributed by atoms with van der Waals surface area (Å²) in [5.74, 6) is -0.122. The molecule has 0 aliphatic heterocycles. The Balaban J connectivity index is 2.08. The molecule has 21 heavy (non-hydrogen) atoms. The third-order valence-corrected chi connectivity index (χ3v) is 3.52. The highest BCUT2D eigenvalue weighted by atomic mass is 79.9. The van der Waals surface area contributed by atoms with Crippen LogP contribution in [0, 0.1) is 0 Å². The van der Waals surface area contributed by atoms with Gasteiger partial charge in [0.1, 0.15) is 16.9 Å². The Morgan fingerprint density at radius 2 is 1.81 bits per heavy atom. The molecule has 0 saturated heterocycles. The van der Waals surface area contributed by atoms with Crippen LogP contribution in [0.15, 0.2) is 67.2 Å². The average molecular weight is 344 g/mol. The van der Waals surface area contributed by atoms with Gasteiger partial charge in [-0.05, 0) is 36.4 Å². The van der Waals surface area contributed by atoms with Gasteiger partial charge in [-0.1, -0.05) is 28.1 Å². The zero-order valence-corrected chi connectivity index (χ0v) is 12.4. The molecule has 0 aliphatic carbocycles. The molecule has 0 bridgehead atoms. The minimum absolute atomic E-state index is 0.0385. The van der Waals surface area contributed by atoms with Gasteiger partial charge in [-0.3, -0.25) is 4.99 Å². The zero-order chi connectivity index (χ0) is 14.8. The maximum Gasteiger partial charge on any atom is 0.348 e. The molecule has 0 atom stereocenters. The fourth-order valence-electron chi connectivity index (χ4n) is 1.93. The lowest BCUT2D eigenvalue weighted by Crippen LogP contribution is -2.06. The Kier molecular flexibility index (Phi) is 3.58. The van der Waals surface area contributed by atoms with Crippen molar-refractivity contribution in [2.24, 2.45) is 4.99 Å². The number of hydrogen-bond donors (Lipinski definition) is 1. The molecular weight excluding hydrogens is 334 g/mol. The van der Waals surface area contributed by atoms with Crippen LogP contribution in [0.4, 0.5) is 5.69 Å². The largest absolute Gasteiger partial charge is 0.506 e. The van der Waals surface area contributed by atoms with Gasteiger partial charge in [0.05, 0.1) is 11.1 Å². The highest BCUT2D eigenvalue weighted by molar-refractivity contribution is 9.10. The maximum atomic E-state index is 11.9. The highest BCUT2D eigenvalue weighted by Crippen LogP contribution is 2.25. The second-order valence-corrected chi connectivity index (χ2v) is 5.30. The van der Waals surface area contributed by atoms with E-state index in [4.69, 9.17) is 4.42 Å². The number of hydrogen-bond acceptors (Lipinski definition) is 4. The van der Waals surface area contributed by atoms with Gasteiger partial charge < -0.3 is 9.52 Å². The summed E-state index contributed by atoms with van der Waals surface area (Å²) in [5, 5.41) is 10.7. The zero-order valence-electron chi connectivity index (χ0n) is 10.8. The second kappa shape index (κ2) is 5.54. The first-order chi connectivity index (χ1) is 10.1. The van der Waals surface area contributed by atoms with Crippen molar-refractivity contribution >= 4 is 38.8 Å². The van der Waals surface area contributed by atoms with E-state index >= 15 is 0 Å². The highest BCUT2D eigenvalue weighted by Gasteiger charge is 2.11. The van der Waals surface area contributed by atoms with Crippen LogP contribution in [0.1, 0.15) is 5.56 Å². The summed E-state index contributed by atoms with van der Waals surface area (Å²) in [4.78, 5) is 16.1. The molecule has 104 valence electrons. The number of benzene rings is 2. The van der Waals surface area contributed by atoms with Crippen molar-refractivity contribution in [3.8, 4) is 5.75 Å². The van der Waals surface area contributed by atoms with Crippen molar-refractivity contribution in [2.45, 2.75) is 0 Å². The van der Waals surface area contributed by atoms with E-state index in [2.05, 4.69) is 20.9 Å². The van der Waals surface area contributed by atoms with E-state index in [1.807, 2.05) is 12.1 Å². The molecule has 1 heterocycles. The Morgan fingerprint density at radius 3 is 2.57 bits per heavy atom. The molecule has 1 N–H and O–H groups in total. The number of nitrogens with zero attached hydrogens (tertiary/aromatic N) is 1. The van der Waals surface area contributed by atoms with Gasteiger partial charge in [-0.2, -0.15) is 0 Å². The molecule has 0 aliphatic rings. The van der Waals surface area contributed by atoms with Gasteiger partial charge in [-0.15, -0.1) is 0 Å². The van der Waals surface area contributed by atoms with Crippen molar-refractivity contribution in [3.05, 3.63) is 69.0 Å². The van der Waals surface area contributed by atoms with E-state index in [0.717, 1.165) is 4.47 Å². The number of fused-ring (bicyclic) bond motifs is 1. The lowest BCUT2D eigenvalue weighted by atomic mass is 10.1. The van der Waals surface area contributed by atoms with Crippen LogP contribution < -0.4 is 5.63 Å². The van der Waals surface area contributed by atoms with Crippen molar-refractivity contribution in [2.75, 3.05) is 0 Å². The summed E-state index contributed by atoms with van der Waals surface area (Å²) >= 11 is 3.33. The third kappa shape index (κ3) is 2.73. The predicted molar refractivity (Wildman–Crippen MR) is 85.5 cm³/mol. The third-order valence-electron chi connectivity index (χ3n) is 2.99. The Hall–Kier alpha value is -2.40. The lowest BCUT2D eigenvalue weighted by molar-refractivity contribution is 0.466. The van der Waals surface area contributed by atoms with Gasteiger partial charge in [-0.25, -0.2) is 4.79 Å². The Morgan fingerprint density at radius 1 is 1.10 bits per heavy atom. The molecule has 2 aromatic carbocycles. The average Bonchev–Trinajstić information content (AvgIpc) is 2.49. The SMILES string of the molecule is O=c1oc2ccccc2c(O)c1C=Nc1ccc(Br)cc1. The molecule has 0 saturated carbocycles. The topological polar surface area (TPSA) is 62.8 Å². The number of para-hydroxylation sites is 1. The van der Waals surface area contributed by atoms with Crippen LogP contribution in [-0.2, 0) is 0 Å². The fraction of sp³-hybridized carbons (Fsp3) is 0. The molecule has 3 aromatic rings. The van der Waals surface area contributed by atoms with Gasteiger partial charge in [0.15, 0.2) is 0 Å². The van der Waals surface area contributed by atoms with Crippen molar-refractivity contribution in [1.82, 2.24) is 0 Å². The minimum Gasteiger partial charge on any atom is -0.506 e. The van der Waals surface area contributed by atoms with Gasteiger partial charge >= 0.3 is 5.63 Å². The maximum absolute atomic E-state index is 11.9. The van der Waals surface area contributed by atoms with Crippen molar-refractivity contribution < 1.29 is 9.52 Å². The van der Waals surface area contributed by atoms with Crippen LogP contribution in [0.5, 0.6) is 5.75 Å². The first-order valence-corrected chi connectivity index (χ1v) is 6.99. The summed E-state index contributed by atoms with van der Waals surface area (Å²) in [5.41, 5.74) is 0.439. The van der Waals surface area contributed by atoms with E-state index in [9.17, 15) is 9.90 Å².